The molecule has 53 heavy (non-hydrogen) atoms. The Morgan fingerprint density at radius 1 is 0.736 bits per heavy atom. The van der Waals surface area contributed by atoms with Crippen molar-refractivity contribution >= 4 is 12.0 Å². The zero-order valence-electron chi connectivity index (χ0n) is 29.6. The lowest BCUT2D eigenvalue weighted by Gasteiger charge is -2.37. The molecule has 4 rings (SSSR count). The molecule has 3 aromatic carbocycles. The summed E-state index contributed by atoms with van der Waals surface area (Å²) in [5.74, 6) is -0.485. The van der Waals surface area contributed by atoms with Crippen LogP contribution in [0.5, 0.6) is 0 Å². The summed E-state index contributed by atoms with van der Waals surface area (Å²) in [6.45, 7) is 4.23. The largest absolute Gasteiger partial charge is 0.465 e. The lowest BCUT2D eigenvalue weighted by atomic mass is 9.77. The Morgan fingerprint density at radius 2 is 1.19 bits per heavy atom. The van der Waals surface area contributed by atoms with Crippen molar-refractivity contribution in [1.82, 2.24) is 20.2 Å². The zero-order chi connectivity index (χ0) is 37.4. The molecule has 282 valence electrons. The van der Waals surface area contributed by atoms with Crippen LogP contribution >= 0.6 is 0 Å². The van der Waals surface area contributed by atoms with E-state index in [2.05, 4.69) is 62.0 Å². The molecule has 0 saturated carbocycles. The Kier molecular flexibility index (Phi) is 17.8. The molecule has 3 N–H and O–H groups in total. The maximum absolute atomic E-state index is 13.1. The molecular formula is C38H47N7O8. The van der Waals surface area contributed by atoms with E-state index in [1.54, 1.807) is 6.33 Å². The average Bonchev–Trinajstić information content (AvgIpc) is 3.65. The summed E-state index contributed by atoms with van der Waals surface area (Å²) in [7, 11) is 0. The van der Waals surface area contributed by atoms with Crippen LogP contribution in [0.4, 0.5) is 4.79 Å². The molecule has 1 heterocycles. The lowest BCUT2D eigenvalue weighted by molar-refractivity contribution is -0.123. The van der Waals surface area contributed by atoms with Crippen LogP contribution in [0, 0.1) is 0 Å². The Bertz CT molecular complexity index is 1570. The molecule has 2 amide bonds. The van der Waals surface area contributed by atoms with Gasteiger partial charge in [0.2, 0.25) is 5.91 Å². The molecule has 0 aliphatic heterocycles. The van der Waals surface area contributed by atoms with Crippen molar-refractivity contribution < 1.29 is 38.4 Å². The summed E-state index contributed by atoms with van der Waals surface area (Å²) in [4.78, 5) is 32.1. The average molecular weight is 730 g/mol. The molecule has 0 saturated heterocycles. The van der Waals surface area contributed by atoms with Crippen molar-refractivity contribution in [1.29, 1.82) is 0 Å². The minimum atomic E-state index is -1.31. The number of imidazole rings is 1. The Morgan fingerprint density at radius 3 is 1.64 bits per heavy atom. The van der Waals surface area contributed by atoms with Gasteiger partial charge in [-0.1, -0.05) is 96.1 Å². The fourth-order valence-electron chi connectivity index (χ4n) is 5.71. The maximum Gasteiger partial charge on any atom is 0.405 e. The van der Waals surface area contributed by atoms with Crippen LogP contribution in [-0.2, 0) is 40.4 Å². The van der Waals surface area contributed by atoms with Crippen LogP contribution in [0.3, 0.4) is 0 Å². The molecular weight excluding hydrogens is 682 g/mol. The first kappa shape index (κ1) is 40.5. The van der Waals surface area contributed by atoms with Crippen LogP contribution in [0.15, 0.2) is 109 Å². The molecule has 0 unspecified atom stereocenters. The fourth-order valence-corrected chi connectivity index (χ4v) is 5.71. The smallest absolute Gasteiger partial charge is 0.405 e. The number of rotatable bonds is 26. The van der Waals surface area contributed by atoms with E-state index in [0.29, 0.717) is 71.7 Å². The molecule has 0 aliphatic carbocycles. The monoisotopic (exact) mass is 729 g/mol. The predicted molar refractivity (Wildman–Crippen MR) is 197 cm³/mol. The maximum atomic E-state index is 13.1. The van der Waals surface area contributed by atoms with Gasteiger partial charge in [0, 0.05) is 30.6 Å². The Hall–Kier alpha value is -5.28. The van der Waals surface area contributed by atoms with Gasteiger partial charge in [-0.3, -0.25) is 4.79 Å². The number of hydrogen-bond acceptors (Lipinski definition) is 9. The van der Waals surface area contributed by atoms with Gasteiger partial charge in [-0.05, 0) is 22.2 Å². The topological polar surface area (TPSA) is 191 Å². The van der Waals surface area contributed by atoms with E-state index in [4.69, 9.17) is 29.2 Å². The van der Waals surface area contributed by atoms with Gasteiger partial charge >= 0.3 is 6.09 Å². The van der Waals surface area contributed by atoms with E-state index in [0.717, 1.165) is 16.7 Å². The van der Waals surface area contributed by atoms with Crippen molar-refractivity contribution in [2.24, 2.45) is 5.11 Å². The predicted octanol–water partition coefficient (Wildman–Crippen LogP) is 4.41. The number of carboxylic acid groups (broad SMARTS) is 1. The summed E-state index contributed by atoms with van der Waals surface area (Å²) in [6.07, 6.45) is 2.32. The number of carbonyl (C=O) groups excluding carboxylic acids is 1. The third-order valence-electron chi connectivity index (χ3n) is 8.06. The fraction of sp³-hybridized carbons (Fsp3) is 0.395. The number of carbonyl (C=O) groups is 2. The molecule has 15 nitrogen and oxygen atoms in total. The standard InChI is InChI=1S/C38H47N7O8/c39-44-42-17-19-50-21-23-52-25-27-53-26-24-51-22-20-49-18-16-40-36(46)35(43-37(47)48)28-34-29-45(30-41-34)38(31-10-4-1-5-11-31,32-12-6-2-7-13-32)33-14-8-3-9-15-33/h1-15,29-30,35,43H,16-28H2,(H,40,46)(H,47,48)/t35-/m0/s1. The van der Waals surface area contributed by atoms with Crippen molar-refractivity contribution in [3.8, 4) is 0 Å². The van der Waals surface area contributed by atoms with Gasteiger partial charge in [0.05, 0.1) is 78.1 Å². The van der Waals surface area contributed by atoms with Crippen molar-refractivity contribution in [3.05, 3.63) is 136 Å². The second-order valence-corrected chi connectivity index (χ2v) is 11.6. The van der Waals surface area contributed by atoms with Crippen molar-refractivity contribution in [2.75, 3.05) is 79.2 Å². The first-order valence-electron chi connectivity index (χ1n) is 17.4. The van der Waals surface area contributed by atoms with Crippen LogP contribution in [-0.4, -0.2) is 112 Å². The number of nitrogens with one attached hydrogen (secondary N) is 2. The third kappa shape index (κ3) is 13.0. The van der Waals surface area contributed by atoms with E-state index in [1.807, 2.05) is 65.4 Å². The van der Waals surface area contributed by atoms with Crippen molar-refractivity contribution in [3.63, 3.8) is 0 Å². The number of amides is 2. The molecule has 0 aliphatic rings. The van der Waals surface area contributed by atoms with Gasteiger partial charge in [-0.2, -0.15) is 0 Å². The first-order valence-corrected chi connectivity index (χ1v) is 17.4. The number of azide groups is 1. The first-order chi connectivity index (χ1) is 26.1. The van der Waals surface area contributed by atoms with Gasteiger partial charge < -0.3 is 44.0 Å². The highest BCUT2D eigenvalue weighted by Gasteiger charge is 2.38. The Labute approximate surface area is 308 Å². The van der Waals surface area contributed by atoms with Crippen LogP contribution < -0.4 is 10.6 Å². The van der Waals surface area contributed by atoms with E-state index in [-0.39, 0.29) is 19.6 Å². The second-order valence-electron chi connectivity index (χ2n) is 11.6. The molecule has 4 aromatic rings. The summed E-state index contributed by atoms with van der Waals surface area (Å²) in [5.41, 5.74) is 11.0. The van der Waals surface area contributed by atoms with E-state index in [9.17, 15) is 14.7 Å². The lowest BCUT2D eigenvalue weighted by Crippen LogP contribution is -2.48. The number of aromatic nitrogens is 2. The highest BCUT2D eigenvalue weighted by Crippen LogP contribution is 2.40. The SMILES string of the molecule is [N-]=[N+]=NCCOCCOCCOCCOCCOCCNC(=O)[C@H](Cc1cn(C(c2ccccc2)(c2ccccc2)c2ccccc2)cn1)NC(=O)O. The van der Waals surface area contributed by atoms with E-state index in [1.165, 1.54) is 0 Å². The molecule has 15 heteroatoms. The van der Waals surface area contributed by atoms with E-state index >= 15 is 0 Å². The molecule has 1 aromatic heterocycles. The van der Waals surface area contributed by atoms with Crippen molar-refractivity contribution in [2.45, 2.75) is 18.0 Å². The van der Waals surface area contributed by atoms with Gasteiger partial charge in [-0.15, -0.1) is 0 Å². The molecule has 0 radical (unpaired) electrons. The van der Waals surface area contributed by atoms with Gasteiger partial charge in [0.15, 0.2) is 0 Å². The molecule has 0 bridgehead atoms. The van der Waals surface area contributed by atoms with Gasteiger partial charge in [0.1, 0.15) is 11.6 Å². The minimum absolute atomic E-state index is 0.0387. The normalized spacial score (nSPS) is 11.8. The molecule has 0 spiro atoms. The van der Waals surface area contributed by atoms with Crippen LogP contribution in [0.1, 0.15) is 22.4 Å². The molecule has 0 fully saturated rings. The van der Waals surface area contributed by atoms with Gasteiger partial charge in [0.25, 0.3) is 0 Å². The summed E-state index contributed by atoms with van der Waals surface area (Å²) in [6, 6.07) is 29.3. The van der Waals surface area contributed by atoms with Crippen LogP contribution in [0.25, 0.3) is 10.4 Å². The summed E-state index contributed by atoms with van der Waals surface area (Å²) < 4.78 is 29.1. The summed E-state index contributed by atoms with van der Waals surface area (Å²) >= 11 is 0. The highest BCUT2D eigenvalue weighted by atomic mass is 16.6. The highest BCUT2D eigenvalue weighted by molar-refractivity contribution is 5.85. The molecule has 1 atom stereocenters. The zero-order valence-corrected chi connectivity index (χ0v) is 29.6. The Balaban J connectivity index is 1.22. The quantitative estimate of drug-likeness (QED) is 0.0276. The number of nitrogens with zero attached hydrogens (tertiary/aromatic N) is 5. The second kappa shape index (κ2) is 23.3. The number of hydrogen-bond donors (Lipinski definition) is 3. The van der Waals surface area contributed by atoms with E-state index < -0.39 is 23.6 Å². The summed E-state index contributed by atoms with van der Waals surface area (Å²) in [5, 5.41) is 18.0. The number of benzene rings is 3. The minimum Gasteiger partial charge on any atom is -0.465 e. The van der Waals surface area contributed by atoms with Crippen LogP contribution in [0.2, 0.25) is 0 Å². The van der Waals surface area contributed by atoms with Gasteiger partial charge in [-0.25, -0.2) is 9.78 Å². The third-order valence-corrected chi connectivity index (χ3v) is 8.06. The number of ether oxygens (including phenoxy) is 5.